The summed E-state index contributed by atoms with van der Waals surface area (Å²) in [7, 11) is 0. The van der Waals surface area contributed by atoms with Crippen LogP contribution in [0.4, 0.5) is 0 Å². The fourth-order valence-electron chi connectivity index (χ4n) is 5.01. The van der Waals surface area contributed by atoms with Crippen LogP contribution >= 0.6 is 0 Å². The molecule has 0 aromatic heterocycles. The zero-order chi connectivity index (χ0) is 14.5. The largest absolute Gasteiger partial charge is 0.295 e. The van der Waals surface area contributed by atoms with Crippen LogP contribution in [0, 0.1) is 22.7 Å². The van der Waals surface area contributed by atoms with Gasteiger partial charge in [-0.3, -0.25) is 4.79 Å². The SMILES string of the molecule is CC1CCC(=O)C=C1C1=CC[C@]2(C)CC(C)(C)CC[C@H]12. The van der Waals surface area contributed by atoms with Crippen LogP contribution in [0.2, 0.25) is 0 Å². The molecule has 3 aliphatic rings. The van der Waals surface area contributed by atoms with Crippen molar-refractivity contribution >= 4 is 5.78 Å². The molecule has 110 valence electrons. The van der Waals surface area contributed by atoms with E-state index in [1.807, 2.05) is 6.08 Å². The van der Waals surface area contributed by atoms with Crippen LogP contribution in [-0.4, -0.2) is 5.78 Å². The Kier molecular flexibility index (Phi) is 3.23. The summed E-state index contributed by atoms with van der Waals surface area (Å²) in [6.07, 6.45) is 11.4. The number of carbonyl (C=O) groups excluding carboxylic acids is 1. The Balaban J connectivity index is 1.89. The first-order valence-electron chi connectivity index (χ1n) is 8.26. The van der Waals surface area contributed by atoms with Crippen molar-refractivity contribution in [3.8, 4) is 0 Å². The van der Waals surface area contributed by atoms with E-state index in [1.165, 1.54) is 36.8 Å². The highest BCUT2D eigenvalue weighted by Crippen LogP contribution is 2.59. The topological polar surface area (TPSA) is 17.1 Å². The number of hydrogen-bond donors (Lipinski definition) is 0. The van der Waals surface area contributed by atoms with Crippen molar-refractivity contribution in [2.75, 3.05) is 0 Å². The first-order valence-corrected chi connectivity index (χ1v) is 8.26. The molecule has 0 spiro atoms. The summed E-state index contributed by atoms with van der Waals surface area (Å²) in [6, 6.07) is 0. The minimum Gasteiger partial charge on any atom is -0.295 e. The van der Waals surface area contributed by atoms with E-state index in [-0.39, 0.29) is 0 Å². The maximum absolute atomic E-state index is 11.8. The molecule has 20 heavy (non-hydrogen) atoms. The summed E-state index contributed by atoms with van der Waals surface area (Å²) in [5.41, 5.74) is 3.81. The zero-order valence-corrected chi connectivity index (χ0v) is 13.5. The lowest BCUT2D eigenvalue weighted by molar-refractivity contribution is -0.115. The monoisotopic (exact) mass is 272 g/mol. The number of allylic oxidation sites excluding steroid dienone is 4. The molecule has 0 saturated heterocycles. The summed E-state index contributed by atoms with van der Waals surface area (Å²) in [4.78, 5) is 11.8. The van der Waals surface area contributed by atoms with Gasteiger partial charge in [-0.25, -0.2) is 0 Å². The van der Waals surface area contributed by atoms with Crippen molar-refractivity contribution in [1.82, 2.24) is 0 Å². The van der Waals surface area contributed by atoms with Crippen LogP contribution in [0.15, 0.2) is 23.3 Å². The highest BCUT2D eigenvalue weighted by atomic mass is 16.1. The Labute approximate surface area is 123 Å². The Bertz CT molecular complexity index is 494. The van der Waals surface area contributed by atoms with Gasteiger partial charge in [-0.1, -0.05) is 33.8 Å². The fourth-order valence-corrected chi connectivity index (χ4v) is 5.01. The molecule has 0 heterocycles. The molecule has 0 aromatic rings. The van der Waals surface area contributed by atoms with Crippen molar-refractivity contribution in [2.24, 2.45) is 22.7 Å². The van der Waals surface area contributed by atoms with E-state index in [0.717, 1.165) is 12.8 Å². The van der Waals surface area contributed by atoms with Gasteiger partial charge in [0.25, 0.3) is 0 Å². The number of carbonyl (C=O) groups is 1. The lowest BCUT2D eigenvalue weighted by Crippen LogP contribution is -2.37. The summed E-state index contributed by atoms with van der Waals surface area (Å²) in [6.45, 7) is 9.59. The molecular formula is C19H28O. The molecule has 0 bridgehead atoms. The highest BCUT2D eigenvalue weighted by molar-refractivity contribution is 5.92. The fraction of sp³-hybridized carbons (Fsp3) is 0.737. The quantitative estimate of drug-likeness (QED) is 0.651. The van der Waals surface area contributed by atoms with Crippen molar-refractivity contribution in [3.05, 3.63) is 23.3 Å². The van der Waals surface area contributed by atoms with Crippen molar-refractivity contribution in [1.29, 1.82) is 0 Å². The minimum atomic E-state index is 0.337. The lowest BCUT2D eigenvalue weighted by atomic mass is 9.58. The maximum atomic E-state index is 11.8. The van der Waals surface area contributed by atoms with Crippen molar-refractivity contribution in [2.45, 2.75) is 66.2 Å². The third-order valence-corrected chi connectivity index (χ3v) is 6.00. The molecule has 3 atom stereocenters. The summed E-state index contributed by atoms with van der Waals surface area (Å²) >= 11 is 0. The third-order valence-electron chi connectivity index (χ3n) is 6.00. The number of ketones is 1. The Morgan fingerprint density at radius 2 is 1.90 bits per heavy atom. The highest BCUT2D eigenvalue weighted by Gasteiger charge is 2.48. The van der Waals surface area contributed by atoms with Gasteiger partial charge in [0.2, 0.25) is 0 Å². The van der Waals surface area contributed by atoms with Gasteiger partial charge in [-0.05, 0) is 72.0 Å². The van der Waals surface area contributed by atoms with Crippen molar-refractivity contribution in [3.63, 3.8) is 0 Å². The number of rotatable bonds is 1. The zero-order valence-electron chi connectivity index (χ0n) is 13.5. The molecule has 3 rings (SSSR count). The van der Waals surface area contributed by atoms with Gasteiger partial charge in [0.15, 0.2) is 5.78 Å². The van der Waals surface area contributed by atoms with Crippen molar-refractivity contribution < 1.29 is 4.79 Å². The molecule has 1 fully saturated rings. The normalized spacial score (nSPS) is 40.1. The second-order valence-corrected chi connectivity index (χ2v) is 8.46. The van der Waals surface area contributed by atoms with Gasteiger partial charge >= 0.3 is 0 Å². The maximum Gasteiger partial charge on any atom is 0.156 e. The molecule has 1 unspecified atom stereocenters. The molecule has 1 nitrogen and oxygen atoms in total. The van der Waals surface area contributed by atoms with E-state index in [4.69, 9.17) is 0 Å². The standard InChI is InChI=1S/C19H28O/c1-13-5-6-14(20)11-16(13)15-7-10-19(4)12-18(2,3)9-8-17(15)19/h7,11,13,17H,5-6,8-10,12H2,1-4H3/t13?,17-,19-/m1/s1. The molecule has 0 aliphatic heterocycles. The van der Waals surface area contributed by atoms with E-state index in [9.17, 15) is 4.79 Å². The summed E-state index contributed by atoms with van der Waals surface area (Å²) in [5.74, 6) is 1.59. The van der Waals surface area contributed by atoms with Crippen LogP contribution in [0.25, 0.3) is 0 Å². The summed E-state index contributed by atoms with van der Waals surface area (Å²) < 4.78 is 0. The van der Waals surface area contributed by atoms with Gasteiger partial charge in [-0.2, -0.15) is 0 Å². The Morgan fingerprint density at radius 3 is 2.65 bits per heavy atom. The first kappa shape index (κ1) is 14.1. The molecule has 1 heteroatoms. The molecule has 0 amide bonds. The smallest absolute Gasteiger partial charge is 0.156 e. The predicted molar refractivity (Wildman–Crippen MR) is 83.4 cm³/mol. The molecule has 0 radical (unpaired) electrons. The van der Waals surface area contributed by atoms with E-state index in [0.29, 0.717) is 28.4 Å². The van der Waals surface area contributed by atoms with Crippen LogP contribution in [0.1, 0.15) is 66.2 Å². The number of fused-ring (bicyclic) bond motifs is 1. The van der Waals surface area contributed by atoms with Gasteiger partial charge in [0.05, 0.1) is 0 Å². The van der Waals surface area contributed by atoms with Crippen LogP contribution in [-0.2, 0) is 4.79 Å². The molecule has 1 saturated carbocycles. The second kappa shape index (κ2) is 4.58. The lowest BCUT2D eigenvalue weighted by Gasteiger charge is -2.46. The van der Waals surface area contributed by atoms with Crippen LogP contribution in [0.5, 0.6) is 0 Å². The van der Waals surface area contributed by atoms with E-state index >= 15 is 0 Å². The van der Waals surface area contributed by atoms with E-state index in [1.54, 1.807) is 0 Å². The van der Waals surface area contributed by atoms with Gasteiger partial charge < -0.3 is 0 Å². The molecule has 0 N–H and O–H groups in total. The van der Waals surface area contributed by atoms with Gasteiger partial charge in [0.1, 0.15) is 0 Å². The predicted octanol–water partition coefficient (Wildman–Crippen LogP) is 5.07. The van der Waals surface area contributed by atoms with Gasteiger partial charge in [-0.15, -0.1) is 0 Å². The average molecular weight is 272 g/mol. The Morgan fingerprint density at radius 1 is 1.15 bits per heavy atom. The first-order chi connectivity index (χ1) is 9.31. The van der Waals surface area contributed by atoms with E-state index < -0.39 is 0 Å². The molecule has 0 aromatic carbocycles. The average Bonchev–Trinajstić information content (AvgIpc) is 2.67. The molecular weight excluding hydrogens is 244 g/mol. The van der Waals surface area contributed by atoms with Gasteiger partial charge in [0, 0.05) is 6.42 Å². The summed E-state index contributed by atoms with van der Waals surface area (Å²) in [5, 5.41) is 0. The second-order valence-electron chi connectivity index (χ2n) is 8.46. The minimum absolute atomic E-state index is 0.337. The van der Waals surface area contributed by atoms with Crippen LogP contribution < -0.4 is 0 Å². The molecule has 3 aliphatic carbocycles. The van der Waals surface area contributed by atoms with Crippen LogP contribution in [0.3, 0.4) is 0 Å². The number of hydrogen-bond acceptors (Lipinski definition) is 1. The Hall–Kier alpha value is -0.850. The third kappa shape index (κ3) is 2.29. The van der Waals surface area contributed by atoms with E-state index in [2.05, 4.69) is 33.8 Å².